The van der Waals surface area contributed by atoms with Crippen molar-refractivity contribution in [3.8, 4) is 11.3 Å². The van der Waals surface area contributed by atoms with E-state index >= 15 is 0 Å². The van der Waals surface area contributed by atoms with Gasteiger partial charge in [0.25, 0.3) is 0 Å². The Labute approximate surface area is 197 Å². The summed E-state index contributed by atoms with van der Waals surface area (Å²) in [5.41, 5.74) is 0.866. The molecule has 172 valence electrons. The number of anilines is 2. The van der Waals surface area contributed by atoms with Crippen molar-refractivity contribution >= 4 is 45.7 Å². The summed E-state index contributed by atoms with van der Waals surface area (Å²) < 4.78 is 26.6. The van der Waals surface area contributed by atoms with Crippen molar-refractivity contribution in [3.63, 3.8) is 0 Å². The van der Waals surface area contributed by atoms with Gasteiger partial charge >= 0.3 is 0 Å². The molecule has 1 aliphatic rings. The van der Waals surface area contributed by atoms with Gasteiger partial charge in [0.15, 0.2) is 16.8 Å². The summed E-state index contributed by atoms with van der Waals surface area (Å²) in [6.07, 6.45) is 2.98. The van der Waals surface area contributed by atoms with Crippen LogP contribution in [0.4, 0.5) is 19.7 Å². The van der Waals surface area contributed by atoms with Gasteiger partial charge in [-0.05, 0) is 49.7 Å². The number of aromatic nitrogens is 2. The number of likely N-dealkylation sites (tertiary alicyclic amines) is 1. The van der Waals surface area contributed by atoms with E-state index in [0.717, 1.165) is 25.0 Å². The predicted molar refractivity (Wildman–Crippen MR) is 123 cm³/mol. The molecule has 0 bridgehead atoms. The van der Waals surface area contributed by atoms with Gasteiger partial charge in [0.05, 0.1) is 23.2 Å². The smallest absolute Gasteiger partial charge is 0.240 e. The van der Waals surface area contributed by atoms with Crippen LogP contribution in [-0.4, -0.2) is 46.3 Å². The minimum absolute atomic E-state index is 0.114. The molecule has 33 heavy (non-hydrogen) atoms. The molecule has 1 aromatic carbocycles. The van der Waals surface area contributed by atoms with E-state index in [1.807, 2.05) is 4.90 Å². The summed E-state index contributed by atoms with van der Waals surface area (Å²) in [5.74, 6) is -2.13. The second-order valence-electron chi connectivity index (χ2n) is 7.64. The van der Waals surface area contributed by atoms with Gasteiger partial charge in [0.2, 0.25) is 11.8 Å². The molecule has 1 aliphatic heterocycles. The second-order valence-corrected chi connectivity index (χ2v) is 8.93. The van der Waals surface area contributed by atoms with Crippen molar-refractivity contribution in [2.24, 2.45) is 5.92 Å². The first-order valence-corrected chi connectivity index (χ1v) is 11.5. The quantitative estimate of drug-likeness (QED) is 0.533. The Morgan fingerprint density at radius 1 is 1.18 bits per heavy atom. The van der Waals surface area contributed by atoms with Crippen molar-refractivity contribution in [2.45, 2.75) is 12.8 Å². The molecule has 2 N–H and O–H groups in total. The Balaban J connectivity index is 1.30. The first kappa shape index (κ1) is 23.2. The molecule has 4 rings (SSSR count). The largest absolute Gasteiger partial charge is 0.310 e. The van der Waals surface area contributed by atoms with Crippen molar-refractivity contribution < 1.29 is 18.4 Å². The van der Waals surface area contributed by atoms with Crippen LogP contribution >= 0.6 is 22.9 Å². The number of pyridine rings is 1. The molecular weight excluding hydrogens is 472 g/mol. The minimum atomic E-state index is -0.957. The molecule has 0 spiro atoms. The van der Waals surface area contributed by atoms with Gasteiger partial charge in [-0.15, -0.1) is 11.3 Å². The van der Waals surface area contributed by atoms with Gasteiger partial charge in [-0.1, -0.05) is 11.6 Å². The SMILES string of the molecule is O=C(CN1CCCC(C(=O)Nc2ccc(Cl)cn2)C1)Nc1nc(-c2ccc(F)c(F)c2)cs1. The molecule has 3 heterocycles. The number of thiazole rings is 1. The number of benzene rings is 1. The third-order valence-corrected chi connectivity index (χ3v) is 6.17. The number of rotatable bonds is 6. The van der Waals surface area contributed by atoms with Crippen molar-refractivity contribution in [1.29, 1.82) is 0 Å². The maximum Gasteiger partial charge on any atom is 0.240 e. The molecular formula is C22H20ClF2N5O2S. The molecule has 1 saturated heterocycles. The summed E-state index contributed by atoms with van der Waals surface area (Å²) in [6.45, 7) is 1.27. The Kier molecular flexibility index (Phi) is 7.26. The van der Waals surface area contributed by atoms with E-state index in [4.69, 9.17) is 11.6 Å². The molecule has 1 unspecified atom stereocenters. The fourth-order valence-corrected chi connectivity index (χ4v) is 4.42. The molecule has 1 fully saturated rings. The van der Waals surface area contributed by atoms with Crippen molar-refractivity contribution in [3.05, 3.63) is 58.6 Å². The molecule has 2 amide bonds. The van der Waals surface area contributed by atoms with E-state index in [2.05, 4.69) is 20.6 Å². The zero-order chi connectivity index (χ0) is 23.4. The van der Waals surface area contributed by atoms with Crippen molar-refractivity contribution in [1.82, 2.24) is 14.9 Å². The molecule has 2 aromatic heterocycles. The fourth-order valence-electron chi connectivity index (χ4n) is 3.57. The van der Waals surface area contributed by atoms with Crippen LogP contribution in [0, 0.1) is 17.6 Å². The van der Waals surface area contributed by atoms with Crippen LogP contribution in [0.5, 0.6) is 0 Å². The topological polar surface area (TPSA) is 87.2 Å². The van der Waals surface area contributed by atoms with Crippen LogP contribution in [0.2, 0.25) is 5.02 Å². The van der Waals surface area contributed by atoms with Crippen LogP contribution in [0.3, 0.4) is 0 Å². The summed E-state index contributed by atoms with van der Waals surface area (Å²) >= 11 is 7.01. The minimum Gasteiger partial charge on any atom is -0.310 e. The zero-order valence-corrected chi connectivity index (χ0v) is 18.9. The number of amides is 2. The lowest BCUT2D eigenvalue weighted by atomic mass is 9.97. The number of nitrogens with one attached hydrogen (secondary N) is 2. The molecule has 0 radical (unpaired) electrons. The summed E-state index contributed by atoms with van der Waals surface area (Å²) in [7, 11) is 0. The third kappa shape index (κ3) is 6.10. The van der Waals surface area contributed by atoms with Gasteiger partial charge < -0.3 is 10.6 Å². The average Bonchev–Trinajstić information content (AvgIpc) is 3.25. The molecule has 1 atom stereocenters. The van der Waals surface area contributed by atoms with Gasteiger partial charge in [0.1, 0.15) is 5.82 Å². The Hall–Kier alpha value is -2.95. The highest BCUT2D eigenvalue weighted by molar-refractivity contribution is 7.14. The maximum atomic E-state index is 13.5. The summed E-state index contributed by atoms with van der Waals surface area (Å²) in [4.78, 5) is 35.4. The standard InChI is InChI=1S/C22H20ClF2N5O2S/c23-15-4-6-19(26-9-15)28-21(32)14-2-1-7-30(10-14)11-20(31)29-22-27-18(12-33-22)13-3-5-16(24)17(25)8-13/h3-6,8-9,12,14H,1-2,7,10-11H2,(H,26,28,32)(H,27,29,31). The maximum absolute atomic E-state index is 13.5. The number of hydrogen-bond acceptors (Lipinski definition) is 6. The lowest BCUT2D eigenvalue weighted by Gasteiger charge is -2.31. The number of hydrogen-bond donors (Lipinski definition) is 2. The number of carbonyl (C=O) groups excluding carboxylic acids is 2. The van der Waals surface area contributed by atoms with Crippen LogP contribution < -0.4 is 10.6 Å². The Bertz CT molecular complexity index is 1160. The molecule has 11 heteroatoms. The summed E-state index contributed by atoms with van der Waals surface area (Å²) in [6, 6.07) is 6.81. The summed E-state index contributed by atoms with van der Waals surface area (Å²) in [5, 5.41) is 8.02. The van der Waals surface area contributed by atoms with E-state index in [9.17, 15) is 18.4 Å². The number of nitrogens with zero attached hydrogens (tertiary/aromatic N) is 3. The van der Waals surface area contributed by atoms with E-state index < -0.39 is 11.6 Å². The van der Waals surface area contributed by atoms with E-state index in [1.165, 1.54) is 23.6 Å². The van der Waals surface area contributed by atoms with Crippen LogP contribution in [-0.2, 0) is 9.59 Å². The molecule has 3 aromatic rings. The van der Waals surface area contributed by atoms with Gasteiger partial charge in [-0.25, -0.2) is 18.7 Å². The van der Waals surface area contributed by atoms with E-state index in [0.29, 0.717) is 40.3 Å². The first-order chi connectivity index (χ1) is 15.9. The van der Waals surface area contributed by atoms with E-state index in [-0.39, 0.29) is 24.3 Å². The number of piperidine rings is 1. The normalized spacial score (nSPS) is 16.4. The van der Waals surface area contributed by atoms with Gasteiger partial charge in [0, 0.05) is 23.7 Å². The van der Waals surface area contributed by atoms with Gasteiger partial charge in [-0.2, -0.15) is 0 Å². The zero-order valence-electron chi connectivity index (χ0n) is 17.4. The van der Waals surface area contributed by atoms with E-state index in [1.54, 1.807) is 17.5 Å². The predicted octanol–water partition coefficient (Wildman–Crippen LogP) is 4.43. The lowest BCUT2D eigenvalue weighted by molar-refractivity contribution is -0.123. The van der Waals surface area contributed by atoms with Crippen LogP contribution in [0.25, 0.3) is 11.3 Å². The van der Waals surface area contributed by atoms with Crippen LogP contribution in [0.1, 0.15) is 12.8 Å². The Morgan fingerprint density at radius 3 is 2.79 bits per heavy atom. The lowest BCUT2D eigenvalue weighted by Crippen LogP contribution is -2.44. The first-order valence-electron chi connectivity index (χ1n) is 10.2. The highest BCUT2D eigenvalue weighted by Gasteiger charge is 2.27. The number of halogens is 3. The highest BCUT2D eigenvalue weighted by atomic mass is 35.5. The molecule has 0 aliphatic carbocycles. The molecule has 7 nitrogen and oxygen atoms in total. The van der Waals surface area contributed by atoms with Crippen molar-refractivity contribution in [2.75, 3.05) is 30.3 Å². The average molecular weight is 492 g/mol. The second kappa shape index (κ2) is 10.3. The van der Waals surface area contributed by atoms with Crippen LogP contribution in [0.15, 0.2) is 41.9 Å². The Morgan fingerprint density at radius 2 is 2.03 bits per heavy atom. The fraction of sp³-hybridized carbons (Fsp3) is 0.273. The highest BCUT2D eigenvalue weighted by Crippen LogP contribution is 2.26. The third-order valence-electron chi connectivity index (χ3n) is 5.19. The van der Waals surface area contributed by atoms with Gasteiger partial charge in [-0.3, -0.25) is 14.5 Å². The molecule has 0 saturated carbocycles. The monoisotopic (exact) mass is 491 g/mol. The number of carbonyl (C=O) groups is 2.